The second-order valence-electron chi connectivity index (χ2n) is 6.01. The Bertz CT molecular complexity index is 883. The molecule has 9 heteroatoms. The summed E-state index contributed by atoms with van der Waals surface area (Å²) in [4.78, 5) is 35.6. The summed E-state index contributed by atoms with van der Waals surface area (Å²) < 4.78 is 0. The Hall–Kier alpha value is -2.94. The predicted octanol–water partition coefficient (Wildman–Crippen LogP) is 1.49. The number of carbonyl (C=O) groups excluding carboxylic acids is 2. The molecule has 134 valence electrons. The fourth-order valence-corrected chi connectivity index (χ4v) is 3.57. The van der Waals surface area contributed by atoms with Gasteiger partial charge in [0.25, 0.3) is 11.8 Å². The molecule has 0 aliphatic carbocycles. The Balaban J connectivity index is 1.79. The van der Waals surface area contributed by atoms with Gasteiger partial charge in [-0.1, -0.05) is 23.9 Å². The van der Waals surface area contributed by atoms with E-state index in [-0.39, 0.29) is 11.4 Å². The molecule has 1 aromatic carbocycles. The van der Waals surface area contributed by atoms with Crippen LogP contribution in [0.2, 0.25) is 0 Å². The Kier molecular flexibility index (Phi) is 4.90. The molecule has 3 rings (SSSR count). The van der Waals surface area contributed by atoms with E-state index in [1.165, 1.54) is 12.4 Å². The van der Waals surface area contributed by atoms with Crippen LogP contribution in [-0.4, -0.2) is 32.7 Å². The largest absolute Gasteiger partial charge is 0.379 e. The van der Waals surface area contributed by atoms with E-state index in [0.717, 1.165) is 17.7 Å². The van der Waals surface area contributed by atoms with Crippen LogP contribution >= 0.6 is 11.8 Å². The normalized spacial score (nSPS) is 19.5. The van der Waals surface area contributed by atoms with Crippen molar-refractivity contribution < 1.29 is 9.59 Å². The van der Waals surface area contributed by atoms with Gasteiger partial charge >= 0.3 is 0 Å². The monoisotopic (exact) mass is 370 g/mol. The second-order valence-corrected chi connectivity index (χ2v) is 7.12. The van der Waals surface area contributed by atoms with Crippen LogP contribution in [0.25, 0.3) is 0 Å². The highest BCUT2D eigenvalue weighted by atomic mass is 32.2. The van der Waals surface area contributed by atoms with Gasteiger partial charge in [0, 0.05) is 11.4 Å². The first-order valence-corrected chi connectivity index (χ1v) is 8.88. The van der Waals surface area contributed by atoms with Crippen LogP contribution in [0.3, 0.4) is 0 Å². The number of hydrogen-bond donors (Lipinski definition) is 3. The molecular formula is C17H18N6O2S. The van der Waals surface area contributed by atoms with Crippen molar-refractivity contribution in [2.24, 2.45) is 16.5 Å². The third-order valence-electron chi connectivity index (χ3n) is 4.08. The SMILES string of the molecule is C[C@@]1(c2cccc(NC(=O)c3cnc(C(N)=O)cn3)c2)CCSC(N)=N1. The predicted molar refractivity (Wildman–Crippen MR) is 101 cm³/mol. The number of primary amides is 1. The van der Waals surface area contributed by atoms with E-state index >= 15 is 0 Å². The number of hydrogen-bond acceptors (Lipinski definition) is 7. The number of thioether (sulfide) groups is 1. The number of amides is 2. The molecule has 8 nitrogen and oxygen atoms in total. The number of rotatable bonds is 4. The van der Waals surface area contributed by atoms with Crippen molar-refractivity contribution in [2.75, 3.05) is 11.1 Å². The fraction of sp³-hybridized carbons (Fsp3) is 0.235. The number of benzene rings is 1. The molecule has 2 aromatic rings. The molecule has 0 radical (unpaired) electrons. The molecule has 1 aliphatic heterocycles. The zero-order valence-electron chi connectivity index (χ0n) is 14.1. The number of aliphatic imine (C=N–C) groups is 1. The van der Waals surface area contributed by atoms with Gasteiger partial charge < -0.3 is 16.8 Å². The molecule has 1 aromatic heterocycles. The lowest BCUT2D eigenvalue weighted by Crippen LogP contribution is -2.28. The van der Waals surface area contributed by atoms with E-state index < -0.39 is 17.4 Å². The van der Waals surface area contributed by atoms with E-state index in [9.17, 15) is 9.59 Å². The number of aromatic nitrogens is 2. The van der Waals surface area contributed by atoms with Crippen LogP contribution in [0.1, 0.15) is 39.9 Å². The molecule has 26 heavy (non-hydrogen) atoms. The van der Waals surface area contributed by atoms with Gasteiger partial charge in [-0.25, -0.2) is 9.97 Å². The van der Waals surface area contributed by atoms with Gasteiger partial charge in [-0.3, -0.25) is 14.6 Å². The number of nitrogens with one attached hydrogen (secondary N) is 1. The number of carbonyl (C=O) groups is 2. The molecule has 0 fully saturated rings. The van der Waals surface area contributed by atoms with Gasteiger partial charge in [0.2, 0.25) is 0 Å². The third kappa shape index (κ3) is 3.83. The lowest BCUT2D eigenvalue weighted by atomic mass is 9.89. The van der Waals surface area contributed by atoms with Crippen LogP contribution in [-0.2, 0) is 5.54 Å². The Morgan fingerprint density at radius 2 is 1.96 bits per heavy atom. The van der Waals surface area contributed by atoms with Gasteiger partial charge in [0.1, 0.15) is 11.4 Å². The first kappa shape index (κ1) is 17.9. The molecule has 0 unspecified atom stereocenters. The maximum Gasteiger partial charge on any atom is 0.275 e. The fourth-order valence-electron chi connectivity index (χ4n) is 2.59. The highest BCUT2D eigenvalue weighted by molar-refractivity contribution is 8.13. The van der Waals surface area contributed by atoms with Crippen LogP contribution in [0.4, 0.5) is 5.69 Å². The van der Waals surface area contributed by atoms with Gasteiger partial charge in [-0.05, 0) is 31.0 Å². The van der Waals surface area contributed by atoms with Crippen molar-refractivity contribution in [2.45, 2.75) is 18.9 Å². The van der Waals surface area contributed by atoms with Crippen LogP contribution in [0.5, 0.6) is 0 Å². The maximum atomic E-state index is 12.3. The standard InChI is InChI=1S/C17H18N6O2S/c1-17(5-6-26-16(19)23-17)10-3-2-4-11(7-10)22-15(25)13-9-20-12(8-21-13)14(18)24/h2-4,7-9H,5-6H2,1H3,(H2,18,24)(H2,19,23)(H,22,25)/t17-/m0/s1. The summed E-state index contributed by atoms with van der Waals surface area (Å²) in [6, 6.07) is 7.46. The average molecular weight is 370 g/mol. The van der Waals surface area contributed by atoms with E-state index in [1.807, 2.05) is 25.1 Å². The molecule has 0 spiro atoms. The van der Waals surface area contributed by atoms with E-state index in [4.69, 9.17) is 11.5 Å². The van der Waals surface area contributed by atoms with Gasteiger partial charge in [-0.2, -0.15) is 0 Å². The molecule has 0 saturated heterocycles. The first-order valence-electron chi connectivity index (χ1n) is 7.89. The first-order chi connectivity index (χ1) is 12.4. The van der Waals surface area contributed by atoms with Crippen LogP contribution in [0, 0.1) is 0 Å². The topological polar surface area (TPSA) is 136 Å². The van der Waals surface area contributed by atoms with E-state index in [0.29, 0.717) is 10.9 Å². The van der Waals surface area contributed by atoms with Gasteiger partial charge in [-0.15, -0.1) is 0 Å². The molecule has 1 atom stereocenters. The Morgan fingerprint density at radius 3 is 2.62 bits per heavy atom. The molecular weight excluding hydrogens is 352 g/mol. The van der Waals surface area contributed by atoms with Gasteiger partial charge in [0.05, 0.1) is 17.9 Å². The van der Waals surface area contributed by atoms with E-state index in [1.54, 1.807) is 17.8 Å². The minimum absolute atomic E-state index is 0.00194. The minimum Gasteiger partial charge on any atom is -0.379 e. The summed E-state index contributed by atoms with van der Waals surface area (Å²) in [5.41, 5.74) is 12.2. The van der Waals surface area contributed by atoms with Crippen molar-refractivity contribution in [3.8, 4) is 0 Å². The summed E-state index contributed by atoms with van der Waals surface area (Å²) in [7, 11) is 0. The second kappa shape index (κ2) is 7.12. The zero-order chi connectivity index (χ0) is 18.7. The van der Waals surface area contributed by atoms with Crippen molar-refractivity contribution in [3.63, 3.8) is 0 Å². The molecule has 5 N–H and O–H groups in total. The zero-order valence-corrected chi connectivity index (χ0v) is 14.9. The van der Waals surface area contributed by atoms with Gasteiger partial charge in [0.15, 0.2) is 5.17 Å². The Labute approximate surface area is 154 Å². The number of nitrogens with two attached hydrogens (primary N) is 2. The Morgan fingerprint density at radius 1 is 1.23 bits per heavy atom. The number of nitrogens with zero attached hydrogens (tertiary/aromatic N) is 3. The highest BCUT2D eigenvalue weighted by Gasteiger charge is 2.29. The van der Waals surface area contributed by atoms with Crippen LogP contribution in [0.15, 0.2) is 41.7 Å². The maximum absolute atomic E-state index is 12.3. The molecule has 2 amide bonds. The number of amidine groups is 1. The van der Waals surface area contributed by atoms with Crippen LogP contribution < -0.4 is 16.8 Å². The highest BCUT2D eigenvalue weighted by Crippen LogP contribution is 2.35. The molecule has 0 saturated carbocycles. The molecule has 1 aliphatic rings. The summed E-state index contributed by atoms with van der Waals surface area (Å²) in [6.45, 7) is 2.02. The summed E-state index contributed by atoms with van der Waals surface area (Å²) in [6.07, 6.45) is 3.24. The quantitative estimate of drug-likeness (QED) is 0.746. The van der Waals surface area contributed by atoms with E-state index in [2.05, 4.69) is 20.3 Å². The van der Waals surface area contributed by atoms with Crippen molar-refractivity contribution in [1.82, 2.24) is 9.97 Å². The van der Waals surface area contributed by atoms with Crippen molar-refractivity contribution in [3.05, 3.63) is 53.6 Å². The smallest absolute Gasteiger partial charge is 0.275 e. The third-order valence-corrected chi connectivity index (χ3v) is 4.87. The summed E-state index contributed by atoms with van der Waals surface area (Å²) >= 11 is 1.54. The summed E-state index contributed by atoms with van der Waals surface area (Å²) in [5, 5.41) is 3.34. The lowest BCUT2D eigenvalue weighted by molar-refractivity contribution is 0.0988. The number of anilines is 1. The minimum atomic E-state index is -0.698. The van der Waals surface area contributed by atoms with Crippen molar-refractivity contribution >= 4 is 34.4 Å². The molecule has 0 bridgehead atoms. The lowest BCUT2D eigenvalue weighted by Gasteiger charge is -2.30. The molecule has 2 heterocycles. The summed E-state index contributed by atoms with van der Waals surface area (Å²) in [5.74, 6) is -0.238. The van der Waals surface area contributed by atoms with Crippen molar-refractivity contribution in [1.29, 1.82) is 0 Å². The average Bonchev–Trinajstić information content (AvgIpc) is 2.62.